The van der Waals surface area contributed by atoms with Gasteiger partial charge in [-0.2, -0.15) is 0 Å². The Kier molecular flexibility index (Phi) is 8.81. The minimum absolute atomic E-state index is 0. The standard InChI is InChI=1S/C20H21ClFN3O3S.ClH/c1-11(2)28-14-5-3-12(4-6-14)19-24-25-20(29-19)15-7-17(22)18(8-16(15)21)27-10-13(23)9-26;/h3-8,11,13,26H,9-10,23H2,1-2H3;1H/t13-;/m1./s1. The molecule has 3 rings (SSSR count). The smallest absolute Gasteiger partial charge is 0.165 e. The van der Waals surface area contributed by atoms with Gasteiger partial charge in [-0.1, -0.05) is 22.9 Å². The van der Waals surface area contributed by atoms with E-state index in [9.17, 15) is 4.39 Å². The highest BCUT2D eigenvalue weighted by Crippen LogP contribution is 2.37. The van der Waals surface area contributed by atoms with Crippen LogP contribution in [-0.4, -0.2) is 40.7 Å². The van der Waals surface area contributed by atoms with Crippen LogP contribution in [-0.2, 0) is 0 Å². The predicted molar refractivity (Wildman–Crippen MR) is 119 cm³/mol. The zero-order valence-corrected chi connectivity index (χ0v) is 18.7. The van der Waals surface area contributed by atoms with Crippen LogP contribution in [0.25, 0.3) is 21.1 Å². The predicted octanol–water partition coefficient (Wildman–Crippen LogP) is 4.57. The average Bonchev–Trinajstić information content (AvgIpc) is 3.18. The molecule has 0 bridgehead atoms. The summed E-state index contributed by atoms with van der Waals surface area (Å²) in [6.45, 7) is 3.64. The topological polar surface area (TPSA) is 90.5 Å². The summed E-state index contributed by atoms with van der Waals surface area (Å²) in [5.41, 5.74) is 6.86. The van der Waals surface area contributed by atoms with E-state index >= 15 is 0 Å². The Morgan fingerprint density at radius 2 is 1.83 bits per heavy atom. The number of aromatic nitrogens is 2. The van der Waals surface area contributed by atoms with Gasteiger partial charge in [0.1, 0.15) is 22.4 Å². The molecule has 1 heterocycles. The van der Waals surface area contributed by atoms with Crippen LogP contribution in [0.5, 0.6) is 11.5 Å². The van der Waals surface area contributed by atoms with Gasteiger partial charge in [0.15, 0.2) is 11.6 Å². The highest BCUT2D eigenvalue weighted by Gasteiger charge is 2.16. The molecule has 0 unspecified atom stereocenters. The van der Waals surface area contributed by atoms with Gasteiger partial charge in [0, 0.05) is 17.2 Å². The Morgan fingerprint density at radius 1 is 1.17 bits per heavy atom. The molecular weight excluding hydrogens is 452 g/mol. The maximum absolute atomic E-state index is 14.4. The first-order chi connectivity index (χ1) is 13.9. The second kappa shape index (κ2) is 10.9. The SMILES string of the molecule is CC(C)Oc1ccc(-c2nnc(-c3cc(F)c(OC[C@H](N)CO)cc3Cl)s2)cc1.Cl. The number of benzene rings is 2. The molecular formula is C20H22Cl2FN3O3S. The van der Waals surface area contributed by atoms with Gasteiger partial charge in [0.2, 0.25) is 0 Å². The second-order valence-electron chi connectivity index (χ2n) is 6.62. The minimum atomic E-state index is -0.601. The van der Waals surface area contributed by atoms with Crippen molar-refractivity contribution in [2.24, 2.45) is 5.73 Å². The molecule has 0 aliphatic carbocycles. The highest BCUT2D eigenvalue weighted by molar-refractivity contribution is 7.18. The van der Waals surface area contributed by atoms with Crippen LogP contribution in [0, 0.1) is 5.82 Å². The van der Waals surface area contributed by atoms with Gasteiger partial charge in [-0.15, -0.1) is 22.6 Å². The number of hydrogen-bond donors (Lipinski definition) is 2. The van der Waals surface area contributed by atoms with Gasteiger partial charge < -0.3 is 20.3 Å². The molecule has 0 amide bonds. The molecule has 0 radical (unpaired) electrons. The lowest BCUT2D eigenvalue weighted by molar-refractivity contribution is 0.202. The molecule has 0 saturated carbocycles. The number of rotatable bonds is 8. The van der Waals surface area contributed by atoms with Gasteiger partial charge in [0.25, 0.3) is 0 Å². The minimum Gasteiger partial charge on any atom is -0.491 e. The van der Waals surface area contributed by atoms with Gasteiger partial charge >= 0.3 is 0 Å². The number of aliphatic hydroxyl groups is 1. The molecule has 3 N–H and O–H groups in total. The summed E-state index contributed by atoms with van der Waals surface area (Å²) in [5.74, 6) is 0.143. The largest absolute Gasteiger partial charge is 0.491 e. The van der Waals surface area contributed by atoms with Crippen LogP contribution in [0.1, 0.15) is 13.8 Å². The van der Waals surface area contributed by atoms with Gasteiger partial charge in [-0.3, -0.25) is 0 Å². The van der Waals surface area contributed by atoms with Crippen molar-refractivity contribution in [2.45, 2.75) is 26.0 Å². The molecule has 1 atom stereocenters. The molecule has 3 aromatic rings. The Balaban J connectivity index is 0.00000320. The van der Waals surface area contributed by atoms with Crippen molar-refractivity contribution in [3.05, 3.63) is 47.2 Å². The van der Waals surface area contributed by atoms with Crippen LogP contribution in [0.15, 0.2) is 36.4 Å². The van der Waals surface area contributed by atoms with Crippen molar-refractivity contribution in [2.75, 3.05) is 13.2 Å². The van der Waals surface area contributed by atoms with Gasteiger partial charge in [-0.25, -0.2) is 4.39 Å². The molecule has 2 aromatic carbocycles. The zero-order chi connectivity index (χ0) is 21.0. The molecule has 162 valence electrons. The van der Waals surface area contributed by atoms with E-state index in [0.29, 0.717) is 15.6 Å². The van der Waals surface area contributed by atoms with E-state index in [4.69, 9.17) is 31.9 Å². The fraction of sp³-hybridized carbons (Fsp3) is 0.300. The Bertz CT molecular complexity index is 970. The van der Waals surface area contributed by atoms with Crippen LogP contribution in [0.3, 0.4) is 0 Å². The van der Waals surface area contributed by atoms with E-state index in [0.717, 1.165) is 11.3 Å². The lowest BCUT2D eigenvalue weighted by Crippen LogP contribution is -2.31. The lowest BCUT2D eigenvalue weighted by Gasteiger charge is -2.12. The summed E-state index contributed by atoms with van der Waals surface area (Å²) in [5, 5.41) is 18.7. The molecule has 0 aliphatic heterocycles. The Morgan fingerprint density at radius 3 is 2.47 bits per heavy atom. The van der Waals surface area contributed by atoms with Crippen molar-refractivity contribution in [1.82, 2.24) is 10.2 Å². The molecule has 0 spiro atoms. The molecule has 0 fully saturated rings. The van der Waals surface area contributed by atoms with Crippen LogP contribution < -0.4 is 15.2 Å². The first kappa shape index (κ1) is 24.3. The van der Waals surface area contributed by atoms with Crippen molar-refractivity contribution in [3.63, 3.8) is 0 Å². The molecule has 1 aromatic heterocycles. The van der Waals surface area contributed by atoms with Crippen LogP contribution in [0.2, 0.25) is 5.02 Å². The zero-order valence-electron chi connectivity index (χ0n) is 16.3. The summed E-state index contributed by atoms with van der Waals surface area (Å²) in [6.07, 6.45) is 0.0948. The van der Waals surface area contributed by atoms with Crippen LogP contribution in [0.4, 0.5) is 4.39 Å². The van der Waals surface area contributed by atoms with E-state index in [-0.39, 0.29) is 42.5 Å². The molecule has 30 heavy (non-hydrogen) atoms. The molecule has 10 heteroatoms. The van der Waals surface area contributed by atoms with Crippen molar-refractivity contribution < 1.29 is 19.0 Å². The Labute approximate surface area is 189 Å². The highest BCUT2D eigenvalue weighted by atomic mass is 35.5. The second-order valence-corrected chi connectivity index (χ2v) is 8.00. The molecule has 0 aliphatic rings. The number of aliphatic hydroxyl groups excluding tert-OH is 1. The van der Waals surface area contributed by atoms with Crippen molar-refractivity contribution in [1.29, 1.82) is 0 Å². The van der Waals surface area contributed by atoms with E-state index in [1.54, 1.807) is 0 Å². The number of halogens is 3. The van der Waals surface area contributed by atoms with Crippen LogP contribution >= 0.6 is 35.3 Å². The summed E-state index contributed by atoms with van der Waals surface area (Å²) < 4.78 is 25.3. The summed E-state index contributed by atoms with van der Waals surface area (Å²) >= 11 is 7.61. The number of nitrogens with two attached hydrogens (primary N) is 1. The summed E-state index contributed by atoms with van der Waals surface area (Å²) in [7, 11) is 0. The summed E-state index contributed by atoms with van der Waals surface area (Å²) in [6, 6.07) is 9.55. The van der Waals surface area contributed by atoms with E-state index < -0.39 is 11.9 Å². The third-order valence-corrected chi connectivity index (χ3v) is 5.16. The average molecular weight is 474 g/mol. The normalized spacial score (nSPS) is 11.8. The Hall–Kier alpha value is -1.97. The van der Waals surface area contributed by atoms with E-state index in [1.807, 2.05) is 38.1 Å². The number of hydrogen-bond acceptors (Lipinski definition) is 7. The summed E-state index contributed by atoms with van der Waals surface area (Å²) in [4.78, 5) is 0. The molecule has 0 saturated heterocycles. The maximum atomic E-state index is 14.4. The van der Waals surface area contributed by atoms with E-state index in [2.05, 4.69) is 10.2 Å². The number of ether oxygens (including phenoxy) is 2. The quantitative estimate of drug-likeness (QED) is 0.497. The van der Waals surface area contributed by atoms with Gasteiger partial charge in [-0.05, 0) is 44.2 Å². The fourth-order valence-corrected chi connectivity index (χ4v) is 3.63. The van der Waals surface area contributed by atoms with Crippen molar-refractivity contribution in [3.8, 4) is 32.6 Å². The third-order valence-electron chi connectivity index (χ3n) is 3.84. The monoisotopic (exact) mass is 473 g/mol. The first-order valence-corrected chi connectivity index (χ1v) is 10.2. The number of nitrogens with zero attached hydrogens (tertiary/aromatic N) is 2. The van der Waals surface area contributed by atoms with Gasteiger partial charge in [0.05, 0.1) is 23.8 Å². The first-order valence-electron chi connectivity index (χ1n) is 8.96. The van der Waals surface area contributed by atoms with Crippen molar-refractivity contribution >= 4 is 35.3 Å². The third kappa shape index (κ3) is 6.02. The fourth-order valence-electron chi connectivity index (χ4n) is 2.45. The van der Waals surface area contributed by atoms with E-state index in [1.165, 1.54) is 23.5 Å². The maximum Gasteiger partial charge on any atom is 0.165 e. The molecule has 6 nitrogen and oxygen atoms in total. The lowest BCUT2D eigenvalue weighted by atomic mass is 10.2.